The van der Waals surface area contributed by atoms with E-state index in [0.29, 0.717) is 5.91 Å². The first-order chi connectivity index (χ1) is 12.7. The molecule has 6 heteroatoms. The third-order valence-corrected chi connectivity index (χ3v) is 5.62. The Kier molecular flexibility index (Phi) is 5.04. The van der Waals surface area contributed by atoms with Gasteiger partial charge in [0.15, 0.2) is 0 Å². The topological polar surface area (TPSA) is 53.4 Å². The standard InChI is InChI=1S/C20H27N5O/c1-23-15-17(11-22-23)18-12-21-13-19(18)20(26)25-9-7-24(8-10-25)14-16-5-3-2-4-6-16/h2-6,11,15,18-19,21H,7-10,12-14H2,1H3/t18-,19+/m1/s1. The zero-order valence-electron chi connectivity index (χ0n) is 15.3. The lowest BCUT2D eigenvalue weighted by Crippen LogP contribution is -2.50. The summed E-state index contributed by atoms with van der Waals surface area (Å²) in [7, 11) is 1.93. The number of benzene rings is 1. The van der Waals surface area contributed by atoms with Crippen LogP contribution in [0.1, 0.15) is 17.0 Å². The van der Waals surface area contributed by atoms with Crippen LogP contribution >= 0.6 is 0 Å². The predicted octanol–water partition coefficient (Wildman–Crippen LogP) is 1.07. The summed E-state index contributed by atoms with van der Waals surface area (Å²) in [6, 6.07) is 10.6. The number of rotatable bonds is 4. The molecule has 2 aliphatic heterocycles. The van der Waals surface area contributed by atoms with E-state index in [1.54, 1.807) is 0 Å². The van der Waals surface area contributed by atoms with Gasteiger partial charge >= 0.3 is 0 Å². The van der Waals surface area contributed by atoms with E-state index in [1.807, 2.05) is 24.1 Å². The van der Waals surface area contributed by atoms with Crippen molar-refractivity contribution in [2.45, 2.75) is 12.5 Å². The number of aromatic nitrogens is 2. The number of nitrogens with one attached hydrogen (secondary N) is 1. The molecule has 6 nitrogen and oxygen atoms in total. The third kappa shape index (κ3) is 3.66. The van der Waals surface area contributed by atoms with Crippen LogP contribution in [-0.4, -0.2) is 64.8 Å². The summed E-state index contributed by atoms with van der Waals surface area (Å²) in [4.78, 5) is 17.6. The SMILES string of the molecule is Cn1cc([C@H]2CNC[C@@H]2C(=O)N2CCN(Cc3ccccc3)CC2)cn1. The van der Waals surface area contributed by atoms with Crippen LogP contribution in [0.4, 0.5) is 0 Å². The molecule has 0 unspecified atom stereocenters. The van der Waals surface area contributed by atoms with Crippen molar-refractivity contribution < 1.29 is 4.79 Å². The molecule has 0 radical (unpaired) electrons. The van der Waals surface area contributed by atoms with Gasteiger partial charge in [-0.25, -0.2) is 0 Å². The second-order valence-corrected chi connectivity index (χ2v) is 7.41. The maximum absolute atomic E-state index is 13.1. The lowest BCUT2D eigenvalue weighted by Gasteiger charge is -2.36. The van der Waals surface area contributed by atoms with Crippen LogP contribution in [0.2, 0.25) is 0 Å². The van der Waals surface area contributed by atoms with Gasteiger partial charge < -0.3 is 10.2 Å². The van der Waals surface area contributed by atoms with E-state index in [0.717, 1.165) is 45.8 Å². The van der Waals surface area contributed by atoms with Crippen molar-refractivity contribution in [3.05, 3.63) is 53.9 Å². The molecule has 4 rings (SSSR count). The largest absolute Gasteiger partial charge is 0.340 e. The van der Waals surface area contributed by atoms with E-state index in [9.17, 15) is 4.79 Å². The molecular weight excluding hydrogens is 326 g/mol. The highest BCUT2D eigenvalue weighted by molar-refractivity contribution is 5.80. The average molecular weight is 353 g/mol. The number of hydrogen-bond acceptors (Lipinski definition) is 4. The van der Waals surface area contributed by atoms with Crippen LogP contribution < -0.4 is 5.32 Å². The summed E-state index contributed by atoms with van der Waals surface area (Å²) in [5.41, 5.74) is 2.50. The molecular formula is C20H27N5O. The summed E-state index contributed by atoms with van der Waals surface area (Å²) < 4.78 is 1.82. The normalized spacial score (nSPS) is 24.1. The van der Waals surface area contributed by atoms with E-state index < -0.39 is 0 Å². The van der Waals surface area contributed by atoms with Gasteiger partial charge in [0.25, 0.3) is 0 Å². The Labute approximate surface area is 154 Å². The maximum Gasteiger partial charge on any atom is 0.227 e. The molecule has 2 atom stereocenters. The highest BCUT2D eigenvalue weighted by Crippen LogP contribution is 2.29. The summed E-state index contributed by atoms with van der Waals surface area (Å²) in [6.45, 7) is 6.12. The monoisotopic (exact) mass is 353 g/mol. The van der Waals surface area contributed by atoms with E-state index in [-0.39, 0.29) is 11.8 Å². The Bertz CT molecular complexity index is 736. The second-order valence-electron chi connectivity index (χ2n) is 7.41. The molecule has 1 aromatic carbocycles. The van der Waals surface area contributed by atoms with Crippen molar-refractivity contribution in [3.8, 4) is 0 Å². The van der Waals surface area contributed by atoms with Gasteiger partial charge in [0.1, 0.15) is 0 Å². The Morgan fingerprint density at radius 3 is 2.62 bits per heavy atom. The number of hydrogen-bond donors (Lipinski definition) is 1. The van der Waals surface area contributed by atoms with E-state index in [2.05, 4.69) is 50.5 Å². The summed E-state index contributed by atoms with van der Waals surface area (Å²) >= 11 is 0. The Balaban J connectivity index is 1.34. The Morgan fingerprint density at radius 1 is 1.15 bits per heavy atom. The number of carbonyl (C=O) groups is 1. The lowest BCUT2D eigenvalue weighted by molar-refractivity contribution is -0.137. The minimum atomic E-state index is 0.0277. The molecule has 3 heterocycles. The van der Waals surface area contributed by atoms with Crippen LogP contribution in [0.15, 0.2) is 42.7 Å². The van der Waals surface area contributed by atoms with Crippen LogP contribution in [0, 0.1) is 5.92 Å². The molecule has 0 bridgehead atoms. The molecule has 0 saturated carbocycles. The molecule has 0 aliphatic carbocycles. The summed E-state index contributed by atoms with van der Waals surface area (Å²) in [6.07, 6.45) is 3.94. The molecule has 1 aromatic heterocycles. The summed E-state index contributed by atoms with van der Waals surface area (Å²) in [5.74, 6) is 0.557. The first-order valence-corrected chi connectivity index (χ1v) is 9.45. The second kappa shape index (κ2) is 7.60. The number of amides is 1. The Hall–Kier alpha value is -2.18. The van der Waals surface area contributed by atoms with Gasteiger partial charge in [0, 0.05) is 65.0 Å². The molecule has 1 N–H and O–H groups in total. The van der Waals surface area contributed by atoms with Gasteiger partial charge in [0.2, 0.25) is 5.91 Å². The Morgan fingerprint density at radius 2 is 1.92 bits per heavy atom. The van der Waals surface area contributed by atoms with Gasteiger partial charge in [-0.05, 0) is 11.1 Å². The fraction of sp³-hybridized carbons (Fsp3) is 0.500. The highest BCUT2D eigenvalue weighted by atomic mass is 16.2. The van der Waals surface area contributed by atoms with Crippen molar-refractivity contribution >= 4 is 5.91 Å². The van der Waals surface area contributed by atoms with Crippen molar-refractivity contribution in [2.75, 3.05) is 39.3 Å². The molecule has 2 saturated heterocycles. The van der Waals surface area contributed by atoms with Crippen LogP contribution in [0.25, 0.3) is 0 Å². The minimum absolute atomic E-state index is 0.0277. The van der Waals surface area contributed by atoms with Crippen molar-refractivity contribution in [3.63, 3.8) is 0 Å². The highest BCUT2D eigenvalue weighted by Gasteiger charge is 2.37. The number of nitrogens with zero attached hydrogens (tertiary/aromatic N) is 4. The third-order valence-electron chi connectivity index (χ3n) is 5.62. The van der Waals surface area contributed by atoms with Gasteiger partial charge in [-0.2, -0.15) is 5.10 Å². The van der Waals surface area contributed by atoms with Gasteiger partial charge in [-0.1, -0.05) is 30.3 Å². The smallest absolute Gasteiger partial charge is 0.227 e. The zero-order valence-corrected chi connectivity index (χ0v) is 15.3. The fourth-order valence-corrected chi connectivity index (χ4v) is 4.12. The van der Waals surface area contributed by atoms with Crippen molar-refractivity contribution in [1.29, 1.82) is 0 Å². The first-order valence-electron chi connectivity index (χ1n) is 9.45. The fourth-order valence-electron chi connectivity index (χ4n) is 4.12. The van der Waals surface area contributed by atoms with Gasteiger partial charge in [0.05, 0.1) is 12.1 Å². The van der Waals surface area contributed by atoms with Crippen LogP contribution in [0.3, 0.4) is 0 Å². The predicted molar refractivity (Wildman–Crippen MR) is 101 cm³/mol. The molecule has 2 aliphatic rings. The number of carbonyl (C=O) groups excluding carboxylic acids is 1. The molecule has 0 spiro atoms. The molecule has 138 valence electrons. The molecule has 2 aromatic rings. The van der Waals surface area contributed by atoms with Crippen molar-refractivity contribution in [2.24, 2.45) is 13.0 Å². The molecule has 26 heavy (non-hydrogen) atoms. The quantitative estimate of drug-likeness (QED) is 0.893. The lowest BCUT2D eigenvalue weighted by atomic mass is 9.89. The van der Waals surface area contributed by atoms with E-state index in [4.69, 9.17) is 0 Å². The average Bonchev–Trinajstić information content (AvgIpc) is 3.31. The molecule has 1 amide bonds. The maximum atomic E-state index is 13.1. The number of aryl methyl sites for hydroxylation is 1. The minimum Gasteiger partial charge on any atom is -0.340 e. The first kappa shape index (κ1) is 17.2. The van der Waals surface area contributed by atoms with Crippen LogP contribution in [0.5, 0.6) is 0 Å². The number of piperazine rings is 1. The van der Waals surface area contributed by atoms with Crippen LogP contribution in [-0.2, 0) is 18.4 Å². The zero-order chi connectivity index (χ0) is 17.9. The van der Waals surface area contributed by atoms with Gasteiger partial charge in [-0.15, -0.1) is 0 Å². The summed E-state index contributed by atoms with van der Waals surface area (Å²) in [5, 5.41) is 7.67. The van der Waals surface area contributed by atoms with E-state index >= 15 is 0 Å². The van der Waals surface area contributed by atoms with Gasteiger partial charge in [-0.3, -0.25) is 14.4 Å². The van der Waals surface area contributed by atoms with E-state index in [1.165, 1.54) is 11.1 Å². The van der Waals surface area contributed by atoms with Crippen molar-refractivity contribution in [1.82, 2.24) is 24.9 Å². The molecule has 2 fully saturated rings.